The van der Waals surface area contributed by atoms with Crippen molar-refractivity contribution in [1.82, 2.24) is 4.98 Å². The number of nitro groups is 1. The molecule has 0 aliphatic heterocycles. The van der Waals surface area contributed by atoms with Gasteiger partial charge in [-0.25, -0.2) is 4.98 Å². The van der Waals surface area contributed by atoms with Crippen LogP contribution >= 0.6 is 22.7 Å². The summed E-state index contributed by atoms with van der Waals surface area (Å²) in [4.78, 5) is 30.2. The third-order valence-electron chi connectivity index (χ3n) is 4.23. The summed E-state index contributed by atoms with van der Waals surface area (Å²) >= 11 is 2.24. The number of fused-ring (bicyclic) bond motifs is 1. The number of hydrogen-bond acceptors (Lipinski definition) is 7. The van der Waals surface area contributed by atoms with Crippen molar-refractivity contribution >= 4 is 48.9 Å². The highest BCUT2D eigenvalue weighted by Gasteiger charge is 2.25. The fourth-order valence-electron chi connectivity index (χ4n) is 2.80. The zero-order valence-electron chi connectivity index (χ0n) is 15.3. The van der Waals surface area contributed by atoms with E-state index in [4.69, 9.17) is 4.74 Å². The molecule has 0 aliphatic carbocycles. The van der Waals surface area contributed by atoms with E-state index in [1.807, 2.05) is 48.5 Å². The number of thiazole rings is 1. The van der Waals surface area contributed by atoms with Crippen LogP contribution in [0.4, 0.5) is 10.1 Å². The maximum absolute atomic E-state index is 13.2. The van der Waals surface area contributed by atoms with Crippen LogP contribution in [-0.2, 0) is 6.54 Å². The van der Waals surface area contributed by atoms with E-state index in [2.05, 4.69) is 4.98 Å². The van der Waals surface area contributed by atoms with Crippen molar-refractivity contribution in [1.29, 1.82) is 0 Å². The zero-order chi connectivity index (χ0) is 20.4. The molecule has 0 saturated heterocycles. The van der Waals surface area contributed by atoms with Gasteiger partial charge in [-0.05, 0) is 29.8 Å². The van der Waals surface area contributed by atoms with E-state index < -0.39 is 4.92 Å². The maximum atomic E-state index is 13.2. The van der Waals surface area contributed by atoms with Crippen LogP contribution in [0.5, 0.6) is 5.75 Å². The van der Waals surface area contributed by atoms with Gasteiger partial charge in [0.05, 0.1) is 33.7 Å². The smallest absolute Gasteiger partial charge is 0.324 e. The molecule has 2 aromatic heterocycles. The second-order valence-corrected chi connectivity index (χ2v) is 8.17. The number of ether oxygens (including phenoxy) is 1. The van der Waals surface area contributed by atoms with E-state index in [1.165, 1.54) is 23.5 Å². The Balaban J connectivity index is 1.75. The van der Waals surface area contributed by atoms with Gasteiger partial charge >= 0.3 is 5.00 Å². The van der Waals surface area contributed by atoms with Crippen LogP contribution in [0.15, 0.2) is 60.7 Å². The van der Waals surface area contributed by atoms with Gasteiger partial charge in [0.2, 0.25) is 0 Å². The molecular formula is C20H15N3O4S2. The maximum Gasteiger partial charge on any atom is 0.324 e. The number of aromatic nitrogens is 1. The van der Waals surface area contributed by atoms with Crippen molar-refractivity contribution in [2.45, 2.75) is 6.54 Å². The fraction of sp³-hybridized carbons (Fsp3) is 0.100. The minimum atomic E-state index is -0.493. The Morgan fingerprint density at radius 3 is 2.62 bits per heavy atom. The fourth-order valence-corrected chi connectivity index (χ4v) is 4.56. The number of thiophene rings is 1. The molecule has 0 unspecified atom stereocenters. The number of anilines is 1. The molecule has 7 nitrogen and oxygen atoms in total. The van der Waals surface area contributed by atoms with Crippen LogP contribution in [0.3, 0.4) is 0 Å². The number of carbonyl (C=O) groups excluding carboxylic acids is 1. The first-order valence-corrected chi connectivity index (χ1v) is 10.2. The Labute approximate surface area is 174 Å². The Morgan fingerprint density at radius 2 is 1.93 bits per heavy atom. The van der Waals surface area contributed by atoms with E-state index in [9.17, 15) is 14.9 Å². The summed E-state index contributed by atoms with van der Waals surface area (Å²) in [5.74, 6) is 0.389. The molecule has 0 fully saturated rings. The van der Waals surface area contributed by atoms with Gasteiger partial charge < -0.3 is 4.74 Å². The second-order valence-electron chi connectivity index (χ2n) is 6.10. The third kappa shape index (κ3) is 3.96. The highest BCUT2D eigenvalue weighted by molar-refractivity contribution is 7.22. The van der Waals surface area contributed by atoms with Crippen molar-refractivity contribution in [2.75, 3.05) is 12.0 Å². The van der Waals surface area contributed by atoms with E-state index in [0.29, 0.717) is 22.3 Å². The van der Waals surface area contributed by atoms with Crippen LogP contribution in [-0.4, -0.2) is 22.9 Å². The van der Waals surface area contributed by atoms with Gasteiger partial charge in [-0.1, -0.05) is 53.0 Å². The normalized spacial score (nSPS) is 10.8. The van der Waals surface area contributed by atoms with Gasteiger partial charge in [0, 0.05) is 6.07 Å². The molecular weight excluding hydrogens is 410 g/mol. The van der Waals surface area contributed by atoms with Gasteiger partial charge in [-0.15, -0.1) is 0 Å². The lowest BCUT2D eigenvalue weighted by Gasteiger charge is -2.19. The highest BCUT2D eigenvalue weighted by atomic mass is 32.1. The summed E-state index contributed by atoms with van der Waals surface area (Å²) in [6.07, 6.45) is 0. The summed E-state index contributed by atoms with van der Waals surface area (Å²) in [6.45, 7) is 0.308. The minimum absolute atomic E-state index is 0.0675. The monoisotopic (exact) mass is 425 g/mol. The molecule has 2 aromatic carbocycles. The molecule has 0 aliphatic rings. The number of carbonyl (C=O) groups is 1. The van der Waals surface area contributed by atoms with Gasteiger partial charge in [0.1, 0.15) is 5.75 Å². The number of amides is 1. The molecule has 0 atom stereocenters. The lowest BCUT2D eigenvalue weighted by Crippen LogP contribution is -2.29. The molecule has 0 N–H and O–H groups in total. The first-order chi connectivity index (χ1) is 14.0. The molecule has 0 saturated carbocycles. The van der Waals surface area contributed by atoms with Crippen molar-refractivity contribution in [3.05, 3.63) is 81.2 Å². The molecule has 4 aromatic rings. The molecule has 0 radical (unpaired) electrons. The van der Waals surface area contributed by atoms with Crippen molar-refractivity contribution in [3.8, 4) is 5.75 Å². The number of rotatable bonds is 6. The van der Waals surface area contributed by atoms with E-state index >= 15 is 0 Å². The van der Waals surface area contributed by atoms with E-state index in [-0.39, 0.29) is 10.9 Å². The Bertz CT molecular complexity index is 1190. The average Bonchev–Trinajstić information content (AvgIpc) is 3.39. The third-order valence-corrected chi connectivity index (χ3v) is 6.29. The van der Waals surface area contributed by atoms with Gasteiger partial charge in [0.15, 0.2) is 5.13 Å². The predicted molar refractivity (Wildman–Crippen MR) is 114 cm³/mol. The average molecular weight is 425 g/mol. The number of hydrogen-bond donors (Lipinski definition) is 0. The largest absolute Gasteiger partial charge is 0.497 e. The SMILES string of the molecule is COc1ccc2nc(N(Cc3ccccc3)C(=O)c3ccc([N+](=O)[O-])s3)sc2c1. The number of methoxy groups -OCH3 is 1. The van der Waals surface area contributed by atoms with Crippen LogP contribution in [0.2, 0.25) is 0 Å². The Morgan fingerprint density at radius 1 is 1.14 bits per heavy atom. The lowest BCUT2D eigenvalue weighted by atomic mass is 10.2. The summed E-state index contributed by atoms with van der Waals surface area (Å²) in [7, 11) is 1.60. The van der Waals surface area contributed by atoms with Crippen molar-refractivity contribution in [3.63, 3.8) is 0 Å². The van der Waals surface area contributed by atoms with Crippen LogP contribution in [0.25, 0.3) is 10.2 Å². The van der Waals surface area contributed by atoms with Crippen molar-refractivity contribution in [2.24, 2.45) is 0 Å². The van der Waals surface area contributed by atoms with Gasteiger partial charge in [-0.3, -0.25) is 19.8 Å². The topological polar surface area (TPSA) is 85.6 Å². The Hall–Kier alpha value is -3.30. The quantitative estimate of drug-likeness (QED) is 0.316. The Kier molecular flexibility index (Phi) is 5.24. The first kappa shape index (κ1) is 19.0. The molecule has 0 spiro atoms. The zero-order valence-corrected chi connectivity index (χ0v) is 16.9. The molecule has 4 rings (SSSR count). The second kappa shape index (κ2) is 7.98. The summed E-state index contributed by atoms with van der Waals surface area (Å²) in [6, 6.07) is 17.9. The van der Waals surface area contributed by atoms with Crippen LogP contribution in [0.1, 0.15) is 15.2 Å². The van der Waals surface area contributed by atoms with Gasteiger partial charge in [-0.2, -0.15) is 0 Å². The summed E-state index contributed by atoms with van der Waals surface area (Å²) < 4.78 is 6.16. The number of nitrogens with zero attached hydrogens (tertiary/aromatic N) is 3. The predicted octanol–water partition coefficient (Wildman–Crippen LogP) is 5.12. The molecule has 2 heterocycles. The number of benzene rings is 2. The van der Waals surface area contributed by atoms with Crippen molar-refractivity contribution < 1.29 is 14.5 Å². The molecule has 0 bridgehead atoms. The van der Waals surface area contributed by atoms with E-state index in [0.717, 1.165) is 27.1 Å². The van der Waals surface area contributed by atoms with Gasteiger partial charge in [0.25, 0.3) is 5.91 Å². The van der Waals surface area contributed by atoms with E-state index in [1.54, 1.807) is 12.0 Å². The molecule has 146 valence electrons. The summed E-state index contributed by atoms with van der Waals surface area (Å²) in [5, 5.41) is 11.5. The van der Waals surface area contributed by atoms with Crippen LogP contribution in [0, 0.1) is 10.1 Å². The molecule has 1 amide bonds. The van der Waals surface area contributed by atoms with Crippen LogP contribution < -0.4 is 9.64 Å². The molecule has 29 heavy (non-hydrogen) atoms. The first-order valence-electron chi connectivity index (χ1n) is 8.60. The minimum Gasteiger partial charge on any atom is -0.497 e. The lowest BCUT2D eigenvalue weighted by molar-refractivity contribution is -0.380. The standard InChI is InChI=1S/C20H15N3O4S2/c1-27-14-7-8-15-17(11-14)29-20(21-15)22(12-13-5-3-2-4-6-13)19(24)16-9-10-18(28-16)23(25)26/h2-11H,12H2,1H3. The highest BCUT2D eigenvalue weighted by Crippen LogP contribution is 2.34. The summed E-state index contributed by atoms with van der Waals surface area (Å²) in [5.41, 5.74) is 1.69. The molecule has 9 heteroatoms.